The fourth-order valence-electron chi connectivity index (χ4n) is 1.39. The number of aliphatic hydroxyl groups excluding tert-OH is 1. The van der Waals surface area contributed by atoms with Crippen LogP contribution in [0.25, 0.3) is 0 Å². The molecule has 0 aromatic heterocycles. The third-order valence-electron chi connectivity index (χ3n) is 2.43. The summed E-state index contributed by atoms with van der Waals surface area (Å²) in [7, 11) is 0. The predicted octanol–water partition coefficient (Wildman–Crippen LogP) is 1.64. The van der Waals surface area contributed by atoms with Crippen LogP contribution >= 0.6 is 0 Å². The fourth-order valence-corrected chi connectivity index (χ4v) is 1.39. The summed E-state index contributed by atoms with van der Waals surface area (Å²) in [6, 6.07) is 2.13. The van der Waals surface area contributed by atoms with Crippen molar-refractivity contribution in [3.05, 3.63) is 24.3 Å². The van der Waals surface area contributed by atoms with Crippen LogP contribution in [0.4, 0.5) is 0 Å². The molecule has 0 aromatic rings. The van der Waals surface area contributed by atoms with Crippen LogP contribution in [0.5, 0.6) is 0 Å². The predicted molar refractivity (Wildman–Crippen MR) is 47.2 cm³/mol. The zero-order valence-corrected chi connectivity index (χ0v) is 7.20. The smallest absolute Gasteiger partial charge is 0.0628 e. The third-order valence-corrected chi connectivity index (χ3v) is 2.43. The van der Waals surface area contributed by atoms with E-state index in [1.807, 2.05) is 31.2 Å². The van der Waals surface area contributed by atoms with E-state index in [0.717, 1.165) is 0 Å². The van der Waals surface area contributed by atoms with Crippen molar-refractivity contribution < 1.29 is 5.11 Å². The van der Waals surface area contributed by atoms with Gasteiger partial charge in [-0.15, -0.1) is 0 Å². The number of rotatable bonds is 2. The molecule has 2 heteroatoms. The molecular formula is C10H13NO. The van der Waals surface area contributed by atoms with Gasteiger partial charge in [-0.25, -0.2) is 0 Å². The second-order valence-corrected chi connectivity index (χ2v) is 3.38. The van der Waals surface area contributed by atoms with Crippen molar-refractivity contribution in [1.29, 1.82) is 5.26 Å². The molecule has 2 unspecified atom stereocenters. The summed E-state index contributed by atoms with van der Waals surface area (Å²) in [4.78, 5) is 0. The van der Waals surface area contributed by atoms with E-state index < -0.39 is 0 Å². The van der Waals surface area contributed by atoms with Crippen molar-refractivity contribution in [3.63, 3.8) is 0 Å². The van der Waals surface area contributed by atoms with E-state index in [1.54, 1.807) is 0 Å². The first-order chi connectivity index (χ1) is 5.73. The summed E-state index contributed by atoms with van der Waals surface area (Å²) in [5.41, 5.74) is -0.246. The molecule has 0 radical (unpaired) electrons. The molecule has 1 N–H and O–H groups in total. The van der Waals surface area contributed by atoms with Gasteiger partial charge in [0.1, 0.15) is 0 Å². The minimum Gasteiger partial charge on any atom is -0.395 e. The van der Waals surface area contributed by atoms with Gasteiger partial charge < -0.3 is 5.11 Å². The molecule has 1 aliphatic carbocycles. The molecule has 1 aliphatic rings. The molecule has 0 aromatic carbocycles. The molecule has 0 bridgehead atoms. The number of hydrogen-bond acceptors (Lipinski definition) is 2. The molecule has 1 rings (SSSR count). The molecule has 0 aliphatic heterocycles. The number of aliphatic hydroxyl groups is 1. The minimum absolute atomic E-state index is 0.0974. The first-order valence-corrected chi connectivity index (χ1v) is 4.07. The van der Waals surface area contributed by atoms with Gasteiger partial charge in [-0.3, -0.25) is 0 Å². The Kier molecular flexibility index (Phi) is 2.67. The Morgan fingerprint density at radius 3 is 2.92 bits per heavy atom. The maximum atomic E-state index is 9.15. The second-order valence-electron chi connectivity index (χ2n) is 3.38. The highest BCUT2D eigenvalue weighted by Gasteiger charge is 2.30. The van der Waals surface area contributed by atoms with Gasteiger partial charge in [0.2, 0.25) is 0 Å². The summed E-state index contributed by atoms with van der Waals surface area (Å²) in [6.45, 7) is 2.06. The Bertz CT molecular complexity index is 249. The SMILES string of the molecule is CC1(CO)C=CC=CC1CC#N. The molecule has 64 valence electrons. The first kappa shape index (κ1) is 9.02. The highest BCUT2D eigenvalue weighted by molar-refractivity contribution is 5.20. The number of nitriles is 1. The number of hydrogen-bond donors (Lipinski definition) is 1. The van der Waals surface area contributed by atoms with Crippen molar-refractivity contribution in [2.75, 3.05) is 6.61 Å². The van der Waals surface area contributed by atoms with Crippen LogP contribution in [0.1, 0.15) is 13.3 Å². The minimum atomic E-state index is -0.246. The quantitative estimate of drug-likeness (QED) is 0.672. The lowest BCUT2D eigenvalue weighted by molar-refractivity contribution is 0.145. The van der Waals surface area contributed by atoms with Crippen molar-refractivity contribution in [2.24, 2.45) is 11.3 Å². The molecule has 0 saturated carbocycles. The molecule has 2 atom stereocenters. The molecular weight excluding hydrogens is 150 g/mol. The Balaban J connectivity index is 2.78. The highest BCUT2D eigenvalue weighted by Crippen LogP contribution is 2.34. The molecule has 0 spiro atoms. The van der Waals surface area contributed by atoms with Gasteiger partial charge in [0.25, 0.3) is 0 Å². The summed E-state index contributed by atoms with van der Waals surface area (Å²) in [5, 5.41) is 17.7. The van der Waals surface area contributed by atoms with E-state index in [9.17, 15) is 0 Å². The van der Waals surface area contributed by atoms with Crippen molar-refractivity contribution >= 4 is 0 Å². The van der Waals surface area contributed by atoms with E-state index in [-0.39, 0.29) is 17.9 Å². The zero-order chi connectivity index (χ0) is 9.03. The lowest BCUT2D eigenvalue weighted by Crippen LogP contribution is -2.29. The topological polar surface area (TPSA) is 44.0 Å². The Labute approximate surface area is 72.8 Å². The summed E-state index contributed by atoms with van der Waals surface area (Å²) in [6.07, 6.45) is 8.27. The standard InChI is InChI=1S/C10H13NO/c1-10(8-12)6-3-2-4-9(10)5-7-11/h2-4,6,9,12H,5,8H2,1H3. The molecule has 12 heavy (non-hydrogen) atoms. The van der Waals surface area contributed by atoms with Crippen LogP contribution in [0.2, 0.25) is 0 Å². The second kappa shape index (κ2) is 3.55. The average Bonchev–Trinajstić information content (AvgIpc) is 2.10. The Morgan fingerprint density at radius 1 is 1.58 bits per heavy atom. The third kappa shape index (κ3) is 1.57. The van der Waals surface area contributed by atoms with Crippen molar-refractivity contribution in [1.82, 2.24) is 0 Å². The monoisotopic (exact) mass is 163 g/mol. The summed E-state index contributed by atoms with van der Waals surface area (Å²) >= 11 is 0. The van der Waals surface area contributed by atoms with Crippen LogP contribution in [-0.4, -0.2) is 11.7 Å². The highest BCUT2D eigenvalue weighted by atomic mass is 16.3. The molecule has 0 saturated heterocycles. The van der Waals surface area contributed by atoms with E-state index in [4.69, 9.17) is 10.4 Å². The van der Waals surface area contributed by atoms with Crippen LogP contribution in [0, 0.1) is 22.7 Å². The van der Waals surface area contributed by atoms with Crippen LogP contribution in [0.15, 0.2) is 24.3 Å². The lowest BCUT2D eigenvalue weighted by atomic mass is 9.74. The fraction of sp³-hybridized carbons (Fsp3) is 0.500. The van der Waals surface area contributed by atoms with E-state index in [1.165, 1.54) is 0 Å². The summed E-state index contributed by atoms with van der Waals surface area (Å²) < 4.78 is 0. The number of allylic oxidation sites excluding steroid dienone is 3. The van der Waals surface area contributed by atoms with Gasteiger partial charge in [0.15, 0.2) is 0 Å². The molecule has 0 amide bonds. The molecule has 2 nitrogen and oxygen atoms in total. The average molecular weight is 163 g/mol. The van der Waals surface area contributed by atoms with Crippen LogP contribution in [0.3, 0.4) is 0 Å². The van der Waals surface area contributed by atoms with Gasteiger partial charge in [-0.2, -0.15) is 5.26 Å². The Hall–Kier alpha value is -1.07. The molecule has 0 heterocycles. The van der Waals surface area contributed by atoms with Crippen molar-refractivity contribution in [3.8, 4) is 6.07 Å². The van der Waals surface area contributed by atoms with Crippen molar-refractivity contribution in [2.45, 2.75) is 13.3 Å². The normalized spacial score (nSPS) is 33.2. The van der Waals surface area contributed by atoms with E-state index in [2.05, 4.69) is 6.07 Å². The largest absolute Gasteiger partial charge is 0.395 e. The zero-order valence-electron chi connectivity index (χ0n) is 7.20. The van der Waals surface area contributed by atoms with Gasteiger partial charge in [0, 0.05) is 17.8 Å². The van der Waals surface area contributed by atoms with Crippen LogP contribution in [-0.2, 0) is 0 Å². The van der Waals surface area contributed by atoms with Gasteiger partial charge in [0.05, 0.1) is 12.7 Å². The maximum absolute atomic E-state index is 9.15. The maximum Gasteiger partial charge on any atom is 0.0628 e. The number of nitrogens with zero attached hydrogens (tertiary/aromatic N) is 1. The van der Waals surface area contributed by atoms with Gasteiger partial charge in [-0.1, -0.05) is 31.2 Å². The Morgan fingerprint density at radius 2 is 2.33 bits per heavy atom. The van der Waals surface area contributed by atoms with Crippen LogP contribution < -0.4 is 0 Å². The first-order valence-electron chi connectivity index (χ1n) is 4.07. The van der Waals surface area contributed by atoms with E-state index >= 15 is 0 Å². The van der Waals surface area contributed by atoms with Gasteiger partial charge >= 0.3 is 0 Å². The lowest BCUT2D eigenvalue weighted by Gasteiger charge is -2.31. The van der Waals surface area contributed by atoms with E-state index in [0.29, 0.717) is 6.42 Å². The van der Waals surface area contributed by atoms with Gasteiger partial charge in [-0.05, 0) is 0 Å². The summed E-state index contributed by atoms with van der Waals surface area (Å²) in [5.74, 6) is 0.150. The molecule has 0 fully saturated rings.